The van der Waals surface area contributed by atoms with Crippen LogP contribution in [-0.2, 0) is 9.53 Å². The molecule has 0 saturated carbocycles. The van der Waals surface area contributed by atoms with Crippen molar-refractivity contribution in [2.45, 2.75) is 109 Å². The van der Waals surface area contributed by atoms with Gasteiger partial charge in [-0.3, -0.25) is 0 Å². The first kappa shape index (κ1) is 28.1. The van der Waals surface area contributed by atoms with Gasteiger partial charge in [-0.25, -0.2) is 0 Å². The van der Waals surface area contributed by atoms with Crippen molar-refractivity contribution in [2.24, 2.45) is 0 Å². The number of ether oxygens (including phenoxy) is 1. The molecule has 0 aromatic heterocycles. The molecule has 1 atom stereocenters. The second-order valence-electron chi connectivity index (χ2n) is 9.48. The number of carbonyl (C=O) groups is 1. The van der Waals surface area contributed by atoms with Crippen LogP contribution in [0.25, 0.3) is 0 Å². The van der Waals surface area contributed by atoms with E-state index in [4.69, 9.17) is 4.74 Å². The summed E-state index contributed by atoms with van der Waals surface area (Å²) in [7, 11) is 6.15. The van der Waals surface area contributed by atoms with Gasteiger partial charge in [-0.15, -0.1) is 0 Å². The topological polar surface area (TPSA) is 49.4 Å². The maximum Gasteiger partial charge on any atom is 0.112 e. The smallest absolute Gasteiger partial charge is 0.112 e. The van der Waals surface area contributed by atoms with Crippen LogP contribution in [0.4, 0.5) is 0 Å². The highest BCUT2D eigenvalue weighted by Crippen LogP contribution is 2.11. The molecule has 0 aliphatic carbocycles. The number of allylic oxidation sites excluding steroid dienone is 2. The fourth-order valence-electron chi connectivity index (χ4n) is 3.57. The predicted octanol–water partition coefficient (Wildman–Crippen LogP) is 5.26. The molecule has 0 saturated heterocycles. The van der Waals surface area contributed by atoms with Crippen molar-refractivity contribution < 1.29 is 19.1 Å². The van der Waals surface area contributed by atoms with E-state index >= 15 is 0 Å². The van der Waals surface area contributed by atoms with Crippen LogP contribution in [-0.4, -0.2) is 50.9 Å². The third kappa shape index (κ3) is 23.3. The fourth-order valence-corrected chi connectivity index (χ4v) is 3.57. The van der Waals surface area contributed by atoms with Crippen LogP contribution in [0.15, 0.2) is 12.2 Å². The molecule has 0 radical (unpaired) electrons. The quantitative estimate of drug-likeness (QED) is 0.147. The van der Waals surface area contributed by atoms with Crippen LogP contribution in [0.5, 0.6) is 0 Å². The van der Waals surface area contributed by atoms with Crippen LogP contribution in [0, 0.1) is 0 Å². The van der Waals surface area contributed by atoms with Gasteiger partial charge in [-0.2, -0.15) is 0 Å². The molecule has 4 heteroatoms. The summed E-state index contributed by atoms with van der Waals surface area (Å²) in [6, 6.07) is 0. The molecule has 0 fully saturated rings. The lowest BCUT2D eigenvalue weighted by atomic mass is 10.1. The Morgan fingerprint density at radius 3 is 1.79 bits per heavy atom. The number of unbranched alkanes of at least 4 members (excludes halogenated alkanes) is 12. The van der Waals surface area contributed by atoms with Gasteiger partial charge in [0.1, 0.15) is 12.6 Å². The molecule has 29 heavy (non-hydrogen) atoms. The van der Waals surface area contributed by atoms with Gasteiger partial charge in [0.2, 0.25) is 0 Å². The number of quaternary nitrogens is 1. The zero-order valence-electron chi connectivity index (χ0n) is 19.9. The van der Waals surface area contributed by atoms with E-state index in [1.807, 2.05) is 0 Å². The monoisotopic (exact) mass is 411 g/mol. The van der Waals surface area contributed by atoms with Crippen LogP contribution in [0.1, 0.15) is 103 Å². The minimum absolute atomic E-state index is 0.0120. The molecule has 0 spiro atoms. The van der Waals surface area contributed by atoms with Gasteiger partial charge >= 0.3 is 0 Å². The number of carboxylic acids is 1. The summed E-state index contributed by atoms with van der Waals surface area (Å²) in [5.74, 6) is -1.02. The number of hydrogen-bond donors (Lipinski definition) is 0. The molecule has 0 heterocycles. The Kier molecular flexibility index (Phi) is 18.5. The highest BCUT2D eigenvalue weighted by molar-refractivity contribution is 5.64. The average Bonchev–Trinajstić information content (AvgIpc) is 2.62. The van der Waals surface area contributed by atoms with Crippen LogP contribution in [0.2, 0.25) is 0 Å². The van der Waals surface area contributed by atoms with Crippen molar-refractivity contribution in [2.75, 3.05) is 34.3 Å². The van der Waals surface area contributed by atoms with Crippen molar-refractivity contribution in [3.8, 4) is 0 Å². The molecule has 172 valence electrons. The number of carbonyl (C=O) groups excluding carboxylic acids is 1. The summed E-state index contributed by atoms with van der Waals surface area (Å²) in [6.07, 6.45) is 22.5. The molecule has 1 unspecified atom stereocenters. The fraction of sp³-hybridized carbons (Fsp3) is 0.880. The Balaban J connectivity index is 3.47. The normalized spacial score (nSPS) is 13.2. The Morgan fingerprint density at radius 2 is 1.31 bits per heavy atom. The van der Waals surface area contributed by atoms with Gasteiger partial charge in [0, 0.05) is 19.0 Å². The lowest BCUT2D eigenvalue weighted by Crippen LogP contribution is -2.44. The summed E-state index contributed by atoms with van der Waals surface area (Å²) < 4.78 is 6.50. The summed E-state index contributed by atoms with van der Waals surface area (Å²) in [5.41, 5.74) is 0. The number of aliphatic carboxylic acids is 1. The predicted molar refractivity (Wildman–Crippen MR) is 122 cm³/mol. The third-order valence-corrected chi connectivity index (χ3v) is 5.16. The molecule has 0 aromatic carbocycles. The second-order valence-corrected chi connectivity index (χ2v) is 9.48. The van der Waals surface area contributed by atoms with Gasteiger partial charge < -0.3 is 19.1 Å². The maximum absolute atomic E-state index is 10.9. The lowest BCUT2D eigenvalue weighted by molar-refractivity contribution is -0.873. The minimum atomic E-state index is -1.02. The molecule has 0 rings (SSSR count). The first-order valence-electron chi connectivity index (χ1n) is 12.1. The Labute approximate surface area is 181 Å². The third-order valence-electron chi connectivity index (χ3n) is 5.16. The largest absolute Gasteiger partial charge is 0.550 e. The second kappa shape index (κ2) is 19.1. The number of carboxylic acid groups (broad SMARTS) is 1. The summed E-state index contributed by atoms with van der Waals surface area (Å²) >= 11 is 0. The van der Waals surface area contributed by atoms with E-state index in [0.29, 0.717) is 17.6 Å². The van der Waals surface area contributed by atoms with Gasteiger partial charge in [0.25, 0.3) is 0 Å². The maximum atomic E-state index is 10.9. The van der Waals surface area contributed by atoms with Gasteiger partial charge in [0.15, 0.2) is 0 Å². The van der Waals surface area contributed by atoms with Gasteiger partial charge in [-0.05, 0) is 32.1 Å². The van der Waals surface area contributed by atoms with E-state index in [-0.39, 0.29) is 12.5 Å². The van der Waals surface area contributed by atoms with Crippen molar-refractivity contribution in [1.82, 2.24) is 0 Å². The van der Waals surface area contributed by atoms with Gasteiger partial charge in [-0.1, -0.05) is 76.9 Å². The minimum Gasteiger partial charge on any atom is -0.550 e. The van der Waals surface area contributed by atoms with Crippen LogP contribution in [0.3, 0.4) is 0 Å². The Morgan fingerprint density at radius 1 is 0.828 bits per heavy atom. The van der Waals surface area contributed by atoms with Crippen molar-refractivity contribution >= 4 is 5.97 Å². The molecule has 0 aliphatic heterocycles. The number of nitrogens with zero attached hydrogens (tertiary/aromatic N) is 1. The summed E-state index contributed by atoms with van der Waals surface area (Å²) in [4.78, 5) is 10.9. The Hall–Kier alpha value is -0.870. The van der Waals surface area contributed by atoms with Crippen LogP contribution >= 0.6 is 0 Å². The van der Waals surface area contributed by atoms with Crippen LogP contribution < -0.4 is 5.11 Å². The van der Waals surface area contributed by atoms with Crippen molar-refractivity contribution in [3.05, 3.63) is 12.2 Å². The highest BCUT2D eigenvalue weighted by atomic mass is 16.5. The molecular weight excluding hydrogens is 362 g/mol. The van der Waals surface area contributed by atoms with Crippen molar-refractivity contribution in [3.63, 3.8) is 0 Å². The van der Waals surface area contributed by atoms with Crippen molar-refractivity contribution in [1.29, 1.82) is 0 Å². The molecule has 0 amide bonds. The molecule has 0 aliphatic rings. The number of likely N-dealkylation sites (N-methyl/N-ethyl adjacent to an activating group) is 1. The van der Waals surface area contributed by atoms with E-state index in [0.717, 1.165) is 12.8 Å². The van der Waals surface area contributed by atoms with E-state index in [2.05, 4.69) is 40.2 Å². The van der Waals surface area contributed by atoms with E-state index < -0.39 is 5.97 Å². The number of rotatable bonds is 21. The van der Waals surface area contributed by atoms with E-state index in [9.17, 15) is 9.90 Å². The first-order valence-corrected chi connectivity index (χ1v) is 12.1. The summed E-state index contributed by atoms with van der Waals surface area (Å²) in [5, 5.41) is 10.9. The molecular formula is C25H49NO3. The SMILES string of the molecule is CCCCCCCCC=CCCCCCCCCOC(CC(=O)[O-])C[N+](C)(C)C. The van der Waals surface area contributed by atoms with E-state index in [1.54, 1.807) is 0 Å². The average molecular weight is 412 g/mol. The van der Waals surface area contributed by atoms with Gasteiger partial charge in [0.05, 0.1) is 21.1 Å². The zero-order chi connectivity index (χ0) is 21.8. The molecule has 0 bridgehead atoms. The molecule has 0 N–H and O–H groups in total. The summed E-state index contributed by atoms with van der Waals surface area (Å²) in [6.45, 7) is 3.61. The van der Waals surface area contributed by atoms with E-state index in [1.165, 1.54) is 77.0 Å². The molecule has 0 aromatic rings. The zero-order valence-corrected chi connectivity index (χ0v) is 19.9. The highest BCUT2D eigenvalue weighted by Gasteiger charge is 2.18. The lowest BCUT2D eigenvalue weighted by Gasteiger charge is -2.29. The molecule has 4 nitrogen and oxygen atoms in total. The Bertz CT molecular complexity index is 401. The standard InChI is InChI=1S/C25H49NO3/c1-5-6-7-8-9-10-11-12-13-14-15-16-17-18-19-20-21-29-24(22-25(27)28)23-26(2,3)4/h12-13,24H,5-11,14-23H2,1-4H3. The first-order chi connectivity index (χ1) is 13.8. The number of hydrogen-bond acceptors (Lipinski definition) is 3.